The van der Waals surface area contributed by atoms with Gasteiger partial charge in [0.15, 0.2) is 0 Å². The van der Waals surface area contributed by atoms with E-state index >= 15 is 0 Å². The van der Waals surface area contributed by atoms with Gasteiger partial charge in [0, 0.05) is 34.3 Å². The quantitative estimate of drug-likeness (QED) is 0.627. The first-order chi connectivity index (χ1) is 13.7. The zero-order valence-corrected chi connectivity index (χ0v) is 17.1. The van der Waals surface area contributed by atoms with Crippen LogP contribution in [0.5, 0.6) is 0 Å². The van der Waals surface area contributed by atoms with Crippen molar-refractivity contribution in [3.63, 3.8) is 0 Å². The molecule has 5 nitrogen and oxygen atoms in total. The summed E-state index contributed by atoms with van der Waals surface area (Å²) in [5.41, 5.74) is 2.89. The standard InChI is InChI=1S/C22H21ClFN3O2/c1-12(2)21(28)27-16-9-18(17-7-4-13(3)26-20(17)10-16)22(29)25-11-14-5-6-15(24)8-19(14)23/h4-10,12H,11H2,1-3H3,(H,25,29)(H,27,28). The molecule has 0 aliphatic heterocycles. The highest BCUT2D eigenvalue weighted by Gasteiger charge is 2.15. The summed E-state index contributed by atoms with van der Waals surface area (Å²) in [7, 11) is 0. The minimum absolute atomic E-state index is 0.140. The third-order valence-corrected chi connectivity index (χ3v) is 4.79. The molecule has 0 aliphatic rings. The first kappa shape index (κ1) is 20.7. The molecule has 2 aromatic carbocycles. The van der Waals surface area contributed by atoms with E-state index in [2.05, 4.69) is 15.6 Å². The number of aromatic nitrogens is 1. The largest absolute Gasteiger partial charge is 0.348 e. The average Bonchev–Trinajstić information content (AvgIpc) is 2.66. The minimum atomic E-state index is -0.439. The molecule has 2 amide bonds. The second-order valence-electron chi connectivity index (χ2n) is 7.11. The van der Waals surface area contributed by atoms with Gasteiger partial charge in [-0.1, -0.05) is 37.6 Å². The molecule has 0 aliphatic carbocycles. The van der Waals surface area contributed by atoms with Gasteiger partial charge in [-0.15, -0.1) is 0 Å². The van der Waals surface area contributed by atoms with Crippen molar-refractivity contribution < 1.29 is 14.0 Å². The van der Waals surface area contributed by atoms with Crippen molar-refractivity contribution in [3.05, 3.63) is 70.1 Å². The van der Waals surface area contributed by atoms with Crippen molar-refractivity contribution in [2.75, 3.05) is 5.32 Å². The molecular weight excluding hydrogens is 393 g/mol. The van der Waals surface area contributed by atoms with Crippen LogP contribution in [-0.4, -0.2) is 16.8 Å². The number of fused-ring (bicyclic) bond motifs is 1. The highest BCUT2D eigenvalue weighted by molar-refractivity contribution is 6.31. The maximum atomic E-state index is 13.2. The lowest BCUT2D eigenvalue weighted by molar-refractivity contribution is -0.118. The van der Waals surface area contributed by atoms with Crippen LogP contribution in [0.25, 0.3) is 10.9 Å². The van der Waals surface area contributed by atoms with Crippen molar-refractivity contribution in [3.8, 4) is 0 Å². The maximum absolute atomic E-state index is 13.2. The topological polar surface area (TPSA) is 71.1 Å². The second kappa shape index (κ2) is 8.57. The molecule has 0 spiro atoms. The Labute approximate surface area is 173 Å². The summed E-state index contributed by atoms with van der Waals surface area (Å²) in [6.45, 7) is 5.58. The van der Waals surface area contributed by atoms with Crippen LogP contribution in [0.1, 0.15) is 35.5 Å². The Balaban J connectivity index is 1.93. The molecule has 2 N–H and O–H groups in total. The van der Waals surface area contributed by atoms with Crippen molar-refractivity contribution in [2.45, 2.75) is 27.3 Å². The first-order valence-electron chi connectivity index (χ1n) is 9.19. The minimum Gasteiger partial charge on any atom is -0.348 e. The molecule has 0 radical (unpaired) electrons. The number of anilines is 1. The van der Waals surface area contributed by atoms with Gasteiger partial charge < -0.3 is 10.6 Å². The summed E-state index contributed by atoms with van der Waals surface area (Å²) >= 11 is 6.03. The molecule has 150 valence electrons. The van der Waals surface area contributed by atoms with E-state index in [1.54, 1.807) is 26.0 Å². The van der Waals surface area contributed by atoms with Crippen LogP contribution >= 0.6 is 11.6 Å². The monoisotopic (exact) mass is 413 g/mol. The van der Waals surface area contributed by atoms with E-state index in [0.717, 1.165) is 5.69 Å². The molecule has 0 saturated heterocycles. The third-order valence-electron chi connectivity index (χ3n) is 4.44. The van der Waals surface area contributed by atoms with Crippen LogP contribution in [0.4, 0.5) is 10.1 Å². The van der Waals surface area contributed by atoms with Gasteiger partial charge in [0.1, 0.15) is 5.82 Å². The number of aryl methyl sites for hydroxylation is 1. The van der Waals surface area contributed by atoms with Crippen LogP contribution in [0.3, 0.4) is 0 Å². The van der Waals surface area contributed by atoms with Gasteiger partial charge in [0.2, 0.25) is 5.91 Å². The summed E-state index contributed by atoms with van der Waals surface area (Å²) in [6, 6.07) is 11.0. The summed E-state index contributed by atoms with van der Waals surface area (Å²) in [4.78, 5) is 29.5. The van der Waals surface area contributed by atoms with Crippen molar-refractivity contribution >= 4 is 40.0 Å². The van der Waals surface area contributed by atoms with Gasteiger partial charge in [0.25, 0.3) is 5.91 Å². The average molecular weight is 414 g/mol. The van der Waals surface area contributed by atoms with Gasteiger partial charge >= 0.3 is 0 Å². The van der Waals surface area contributed by atoms with Gasteiger partial charge in [-0.2, -0.15) is 0 Å². The number of nitrogens with one attached hydrogen (secondary N) is 2. The van der Waals surface area contributed by atoms with E-state index in [9.17, 15) is 14.0 Å². The Bertz CT molecular complexity index is 1100. The molecule has 1 heterocycles. The summed E-state index contributed by atoms with van der Waals surface area (Å²) in [5, 5.41) is 6.52. The predicted octanol–water partition coefficient (Wildman–Crippen LogP) is 4.86. The van der Waals surface area contributed by atoms with Gasteiger partial charge in [-0.05, 0) is 42.8 Å². The number of benzene rings is 2. The van der Waals surface area contributed by atoms with E-state index in [4.69, 9.17) is 11.6 Å². The number of hydrogen-bond acceptors (Lipinski definition) is 3. The molecule has 29 heavy (non-hydrogen) atoms. The van der Waals surface area contributed by atoms with Gasteiger partial charge in [0.05, 0.1) is 11.1 Å². The highest BCUT2D eigenvalue weighted by atomic mass is 35.5. The number of halogens is 2. The third kappa shape index (κ3) is 4.90. The zero-order chi connectivity index (χ0) is 21.1. The number of rotatable bonds is 5. The molecule has 7 heteroatoms. The molecule has 3 aromatic rings. The lowest BCUT2D eigenvalue weighted by Crippen LogP contribution is -2.24. The second-order valence-corrected chi connectivity index (χ2v) is 7.51. The Morgan fingerprint density at radius 1 is 1.14 bits per heavy atom. The van der Waals surface area contributed by atoms with E-state index in [0.29, 0.717) is 27.7 Å². The highest BCUT2D eigenvalue weighted by Crippen LogP contribution is 2.24. The van der Waals surface area contributed by atoms with Crippen LogP contribution < -0.4 is 10.6 Å². The lowest BCUT2D eigenvalue weighted by Gasteiger charge is -2.13. The Hall–Kier alpha value is -2.99. The van der Waals surface area contributed by atoms with Crippen LogP contribution in [-0.2, 0) is 11.3 Å². The smallest absolute Gasteiger partial charge is 0.252 e. The molecule has 0 atom stereocenters. The van der Waals surface area contributed by atoms with E-state index in [-0.39, 0.29) is 29.3 Å². The summed E-state index contributed by atoms with van der Waals surface area (Å²) in [6.07, 6.45) is 0. The van der Waals surface area contributed by atoms with Crippen LogP contribution in [0.2, 0.25) is 5.02 Å². The van der Waals surface area contributed by atoms with Crippen molar-refractivity contribution in [1.82, 2.24) is 10.3 Å². The fraction of sp³-hybridized carbons (Fsp3) is 0.227. The predicted molar refractivity (Wildman–Crippen MR) is 113 cm³/mol. The molecule has 1 aromatic heterocycles. The van der Waals surface area contributed by atoms with Crippen LogP contribution in [0, 0.1) is 18.7 Å². The van der Waals surface area contributed by atoms with Crippen LogP contribution in [0.15, 0.2) is 42.5 Å². The summed E-state index contributed by atoms with van der Waals surface area (Å²) < 4.78 is 13.2. The first-order valence-corrected chi connectivity index (χ1v) is 9.57. The fourth-order valence-corrected chi connectivity index (χ4v) is 3.05. The lowest BCUT2D eigenvalue weighted by atomic mass is 10.0. The molecule has 0 fully saturated rings. The van der Waals surface area contributed by atoms with Gasteiger partial charge in [-0.25, -0.2) is 4.39 Å². The Morgan fingerprint density at radius 3 is 2.59 bits per heavy atom. The SMILES string of the molecule is Cc1ccc2c(C(=O)NCc3ccc(F)cc3Cl)cc(NC(=O)C(C)C)cc2n1. The molecule has 3 rings (SSSR count). The van der Waals surface area contributed by atoms with Crippen molar-refractivity contribution in [2.24, 2.45) is 5.92 Å². The van der Waals surface area contributed by atoms with Crippen molar-refractivity contribution in [1.29, 1.82) is 0 Å². The van der Waals surface area contributed by atoms with Gasteiger partial charge in [-0.3, -0.25) is 14.6 Å². The number of nitrogens with zero attached hydrogens (tertiary/aromatic N) is 1. The molecular formula is C22H21ClFN3O2. The molecule has 0 saturated carbocycles. The molecule has 0 unspecified atom stereocenters. The zero-order valence-electron chi connectivity index (χ0n) is 16.3. The Kier molecular flexibility index (Phi) is 6.13. The number of pyridine rings is 1. The van der Waals surface area contributed by atoms with E-state index < -0.39 is 5.82 Å². The fourth-order valence-electron chi connectivity index (χ4n) is 2.82. The number of carbonyl (C=O) groups excluding carboxylic acids is 2. The maximum Gasteiger partial charge on any atom is 0.252 e. The number of carbonyl (C=O) groups is 2. The normalized spacial score (nSPS) is 11.0. The number of amides is 2. The Morgan fingerprint density at radius 2 is 1.90 bits per heavy atom. The van der Waals surface area contributed by atoms with E-state index in [1.165, 1.54) is 18.2 Å². The van der Waals surface area contributed by atoms with E-state index in [1.807, 2.05) is 19.1 Å². The molecule has 0 bridgehead atoms. The number of hydrogen-bond donors (Lipinski definition) is 2. The summed E-state index contributed by atoms with van der Waals surface area (Å²) in [5.74, 6) is -1.14.